The average molecular weight is 706 g/mol. The van der Waals surface area contributed by atoms with Crippen LogP contribution in [0.4, 0.5) is 0 Å². The molecule has 2 aromatic rings. The highest BCUT2D eigenvalue weighted by Gasteiger charge is 2.49. The summed E-state index contributed by atoms with van der Waals surface area (Å²) in [7, 11) is -4.08. The zero-order chi connectivity index (χ0) is 29.9. The minimum atomic E-state index is -4.08. The lowest BCUT2D eigenvalue weighted by molar-refractivity contribution is -0.119. The van der Waals surface area contributed by atoms with E-state index in [0.29, 0.717) is 32.9 Å². The number of nitrogens with zero attached hydrogens (tertiary/aromatic N) is 1. The predicted molar refractivity (Wildman–Crippen MR) is 166 cm³/mol. The van der Waals surface area contributed by atoms with Gasteiger partial charge in [-0.05, 0) is 91.8 Å². The van der Waals surface area contributed by atoms with E-state index in [1.54, 1.807) is 30.3 Å². The van der Waals surface area contributed by atoms with Crippen molar-refractivity contribution in [1.82, 2.24) is 4.90 Å². The fourth-order valence-electron chi connectivity index (χ4n) is 6.45. The Hall–Kier alpha value is -2.23. The van der Waals surface area contributed by atoms with Crippen molar-refractivity contribution in [3.8, 4) is 5.75 Å². The van der Waals surface area contributed by atoms with E-state index in [2.05, 4.69) is 71.4 Å². The maximum Gasteiger partial charge on any atom is 0.339 e. The highest BCUT2D eigenvalue weighted by Crippen LogP contribution is 2.55. The number of hydrogen-bond donors (Lipinski definition) is 0. The number of hydrogen-bond acceptors (Lipinski definition) is 6. The molecule has 41 heavy (non-hydrogen) atoms. The minimum Gasteiger partial charge on any atom is -0.377 e. The molecule has 0 amide bonds. The van der Waals surface area contributed by atoms with Crippen LogP contribution in [-0.2, 0) is 19.7 Å². The third-order valence-corrected chi connectivity index (χ3v) is 10.5. The van der Waals surface area contributed by atoms with Gasteiger partial charge in [-0.1, -0.05) is 52.8 Å². The molecule has 2 aromatic carbocycles. The van der Waals surface area contributed by atoms with Crippen LogP contribution in [0.15, 0.2) is 78.8 Å². The van der Waals surface area contributed by atoms with Crippen LogP contribution < -0.4 is 4.18 Å². The molecule has 0 aromatic heterocycles. The van der Waals surface area contributed by atoms with E-state index in [1.165, 1.54) is 12.1 Å². The average Bonchev–Trinajstić information content (AvgIpc) is 2.86. The first-order valence-corrected chi connectivity index (χ1v) is 16.9. The monoisotopic (exact) mass is 703 g/mol. The molecule has 9 heteroatoms. The third-order valence-electron chi connectivity index (χ3n) is 8.05. The van der Waals surface area contributed by atoms with E-state index in [-0.39, 0.29) is 33.0 Å². The molecule has 3 aliphatic rings. The smallest absolute Gasteiger partial charge is 0.339 e. The van der Waals surface area contributed by atoms with Crippen molar-refractivity contribution < 1.29 is 22.2 Å². The van der Waals surface area contributed by atoms with Gasteiger partial charge in [-0.25, -0.2) is 0 Å². The van der Waals surface area contributed by atoms with Crippen molar-refractivity contribution in [2.75, 3.05) is 6.54 Å². The molecule has 0 bridgehead atoms. The van der Waals surface area contributed by atoms with Crippen molar-refractivity contribution in [3.63, 3.8) is 0 Å². The van der Waals surface area contributed by atoms with Gasteiger partial charge >= 0.3 is 10.1 Å². The van der Waals surface area contributed by atoms with Crippen LogP contribution in [0.3, 0.4) is 0 Å². The number of allylic oxidation sites excluding steroid dienone is 4. The van der Waals surface area contributed by atoms with Crippen LogP contribution in [0.2, 0.25) is 0 Å². The van der Waals surface area contributed by atoms with Gasteiger partial charge in [0.05, 0.1) is 8.95 Å². The van der Waals surface area contributed by atoms with Gasteiger partial charge in [0.2, 0.25) is 0 Å². The Bertz CT molecular complexity index is 1530. The van der Waals surface area contributed by atoms with Crippen LogP contribution in [0.25, 0.3) is 0 Å². The Balaban J connectivity index is 1.68. The normalized spacial score (nSPS) is 20.7. The van der Waals surface area contributed by atoms with E-state index >= 15 is 0 Å². The molecule has 0 saturated carbocycles. The molecular weight excluding hydrogens is 670 g/mol. The van der Waals surface area contributed by atoms with E-state index < -0.39 is 16.0 Å². The largest absolute Gasteiger partial charge is 0.377 e. The molecule has 1 aliphatic heterocycles. The van der Waals surface area contributed by atoms with Gasteiger partial charge in [-0.3, -0.25) is 9.59 Å². The van der Waals surface area contributed by atoms with Crippen molar-refractivity contribution in [2.24, 2.45) is 10.8 Å². The maximum atomic E-state index is 13.9. The number of rotatable bonds is 6. The number of carbonyl (C=O) groups excluding carboxylic acids is 2. The van der Waals surface area contributed by atoms with Gasteiger partial charge in [-0.2, -0.15) is 8.42 Å². The highest BCUT2D eigenvalue weighted by atomic mass is 79.9. The van der Waals surface area contributed by atoms with E-state index in [4.69, 9.17) is 4.18 Å². The van der Waals surface area contributed by atoms with Crippen LogP contribution in [-0.4, -0.2) is 31.4 Å². The second kappa shape index (κ2) is 10.8. The zero-order valence-corrected chi connectivity index (χ0v) is 28.0. The SMILES string of the molecule is CCCN1C2=C(C(=O)CC(C)(C)C2)C(c2cc(Br)c(OS(=O)(=O)c3ccccc3)c(Br)c2)C2=C1CC(C)(C)CC2=O. The summed E-state index contributed by atoms with van der Waals surface area (Å²) in [6.07, 6.45) is 3.19. The first kappa shape index (κ1) is 30.2. The quantitative estimate of drug-likeness (QED) is 0.283. The molecule has 0 N–H and O–H groups in total. The molecule has 5 rings (SSSR count). The molecule has 0 atom stereocenters. The number of Topliss-reactive ketones (excluding diaryl/α,β-unsaturated/α-hetero) is 2. The molecule has 0 saturated heterocycles. The molecule has 0 radical (unpaired) electrons. The standard InChI is InChI=1S/C32H35Br2NO5S/c1-6-12-35-23-15-31(2,3)17-25(36)28(23)27(29-24(35)16-32(4,5)18-26(29)37)19-13-21(33)30(22(34)14-19)40-41(38,39)20-10-8-7-9-11-20/h7-11,13-14,27H,6,12,15-18H2,1-5H3. The Kier molecular flexibility index (Phi) is 7.96. The molecule has 1 heterocycles. The topological polar surface area (TPSA) is 80.8 Å². The number of ketones is 2. The van der Waals surface area contributed by atoms with Crippen molar-refractivity contribution in [2.45, 2.75) is 77.5 Å². The molecule has 0 fully saturated rings. The lowest BCUT2D eigenvalue weighted by atomic mass is 9.63. The van der Waals surface area contributed by atoms with Crippen molar-refractivity contribution in [1.29, 1.82) is 0 Å². The Morgan fingerprint density at radius 1 is 0.854 bits per heavy atom. The Morgan fingerprint density at radius 3 is 1.80 bits per heavy atom. The molecule has 0 spiro atoms. The lowest BCUT2D eigenvalue weighted by Crippen LogP contribution is -2.44. The third kappa shape index (κ3) is 5.74. The predicted octanol–water partition coefficient (Wildman–Crippen LogP) is 8.07. The summed E-state index contributed by atoms with van der Waals surface area (Å²) in [5.41, 5.74) is 3.77. The summed E-state index contributed by atoms with van der Waals surface area (Å²) in [6, 6.07) is 11.5. The number of halogens is 2. The summed E-state index contributed by atoms with van der Waals surface area (Å²) >= 11 is 7.07. The van der Waals surface area contributed by atoms with Gasteiger partial charge in [0.25, 0.3) is 0 Å². The molecule has 0 unspecified atom stereocenters. The summed E-state index contributed by atoms with van der Waals surface area (Å²) in [6.45, 7) is 11.4. The second-order valence-corrected chi connectivity index (χ2v) is 16.1. The first-order valence-electron chi connectivity index (χ1n) is 13.9. The van der Waals surface area contributed by atoms with E-state index in [1.807, 2.05) is 0 Å². The summed E-state index contributed by atoms with van der Waals surface area (Å²) in [4.78, 5) is 30.2. The van der Waals surface area contributed by atoms with Gasteiger partial charge in [0, 0.05) is 47.8 Å². The van der Waals surface area contributed by atoms with Crippen molar-refractivity contribution >= 4 is 53.5 Å². The summed E-state index contributed by atoms with van der Waals surface area (Å²) in [5.74, 6) is -0.305. The maximum absolute atomic E-state index is 13.9. The molecular formula is C32H35Br2NO5S. The summed E-state index contributed by atoms with van der Waals surface area (Å²) < 4.78 is 32.4. The van der Waals surface area contributed by atoms with E-state index in [9.17, 15) is 18.0 Å². The van der Waals surface area contributed by atoms with Gasteiger partial charge in [0.1, 0.15) is 4.90 Å². The van der Waals surface area contributed by atoms with Gasteiger partial charge in [-0.15, -0.1) is 0 Å². The molecule has 6 nitrogen and oxygen atoms in total. The Morgan fingerprint density at radius 2 is 1.34 bits per heavy atom. The lowest BCUT2D eigenvalue weighted by Gasteiger charge is -2.49. The second-order valence-electron chi connectivity index (χ2n) is 12.9. The van der Waals surface area contributed by atoms with E-state index in [0.717, 1.165) is 42.8 Å². The minimum absolute atomic E-state index is 0.0431. The molecule has 2 aliphatic carbocycles. The summed E-state index contributed by atoms with van der Waals surface area (Å²) in [5, 5.41) is 0. The van der Waals surface area contributed by atoms with Crippen LogP contribution in [0, 0.1) is 10.8 Å². The van der Waals surface area contributed by atoms with Crippen LogP contribution in [0.1, 0.15) is 78.2 Å². The van der Waals surface area contributed by atoms with Crippen LogP contribution in [0.5, 0.6) is 5.75 Å². The van der Waals surface area contributed by atoms with Gasteiger partial charge < -0.3 is 9.08 Å². The van der Waals surface area contributed by atoms with Crippen molar-refractivity contribution in [3.05, 3.63) is 79.5 Å². The highest BCUT2D eigenvalue weighted by molar-refractivity contribution is 9.11. The van der Waals surface area contributed by atoms with Gasteiger partial charge in [0.15, 0.2) is 17.3 Å². The zero-order valence-electron chi connectivity index (χ0n) is 24.0. The fraction of sp³-hybridized carbons (Fsp3) is 0.438. The Labute approximate surface area is 259 Å². The first-order chi connectivity index (χ1) is 19.1. The number of benzene rings is 2. The number of carbonyl (C=O) groups is 2. The molecule has 218 valence electrons. The van der Waals surface area contributed by atoms with Crippen LogP contribution >= 0.6 is 31.9 Å². The fourth-order valence-corrected chi connectivity index (χ4v) is 9.03.